The van der Waals surface area contributed by atoms with Gasteiger partial charge >= 0.3 is 30.0 Å². The van der Waals surface area contributed by atoms with Crippen LogP contribution < -0.4 is 0 Å². The molecule has 1 unspecified atom stereocenters. The topological polar surface area (TPSA) is 78.9 Å². The van der Waals surface area contributed by atoms with E-state index in [1.54, 1.807) is 13.8 Å². The molecule has 0 aliphatic heterocycles. The van der Waals surface area contributed by atoms with E-state index >= 15 is 0 Å². The first-order chi connectivity index (χ1) is 11.4. The normalized spacial score (nSPS) is 13.1. The van der Waals surface area contributed by atoms with Crippen molar-refractivity contribution in [2.24, 2.45) is 5.92 Å². The molecule has 0 spiro atoms. The van der Waals surface area contributed by atoms with Crippen molar-refractivity contribution in [1.82, 2.24) is 0 Å². The summed E-state index contributed by atoms with van der Waals surface area (Å²) in [5.74, 6) is -8.25. The van der Waals surface area contributed by atoms with Crippen LogP contribution in [0.3, 0.4) is 0 Å². The number of alkyl halides is 5. The van der Waals surface area contributed by atoms with E-state index < -0.39 is 49.5 Å². The molecular formula is C14H19F5O6. The minimum absolute atomic E-state index is 0.197. The van der Waals surface area contributed by atoms with Crippen LogP contribution in [0.1, 0.15) is 33.1 Å². The van der Waals surface area contributed by atoms with Crippen LogP contribution in [-0.2, 0) is 28.6 Å². The molecule has 11 heteroatoms. The van der Waals surface area contributed by atoms with E-state index in [0.29, 0.717) is 6.42 Å². The Morgan fingerprint density at radius 1 is 0.880 bits per heavy atom. The van der Waals surface area contributed by atoms with Crippen LogP contribution in [-0.4, -0.2) is 49.8 Å². The van der Waals surface area contributed by atoms with Crippen molar-refractivity contribution in [2.75, 3.05) is 19.8 Å². The molecule has 0 saturated carbocycles. The average Bonchev–Trinajstić information content (AvgIpc) is 2.52. The Morgan fingerprint density at radius 2 is 1.36 bits per heavy atom. The molecule has 0 aliphatic rings. The number of rotatable bonds is 10. The van der Waals surface area contributed by atoms with E-state index in [4.69, 9.17) is 4.74 Å². The number of carbonyl (C=O) groups is 3. The van der Waals surface area contributed by atoms with Crippen LogP contribution in [0.4, 0.5) is 22.0 Å². The van der Waals surface area contributed by atoms with Crippen molar-refractivity contribution in [3.8, 4) is 0 Å². The van der Waals surface area contributed by atoms with Gasteiger partial charge in [0.15, 0.2) is 6.61 Å². The lowest BCUT2D eigenvalue weighted by Crippen LogP contribution is -2.41. The first kappa shape index (κ1) is 23.1. The van der Waals surface area contributed by atoms with Gasteiger partial charge in [-0.1, -0.05) is 13.8 Å². The predicted octanol–water partition coefficient (Wildman–Crippen LogP) is 2.64. The molecule has 146 valence electrons. The van der Waals surface area contributed by atoms with Gasteiger partial charge in [-0.15, -0.1) is 0 Å². The number of esters is 3. The zero-order chi connectivity index (χ0) is 19.7. The fourth-order valence-corrected chi connectivity index (χ4v) is 1.21. The summed E-state index contributed by atoms with van der Waals surface area (Å²) in [6, 6.07) is 0. The molecule has 0 saturated heterocycles. The van der Waals surface area contributed by atoms with Crippen LogP contribution in [0.5, 0.6) is 0 Å². The van der Waals surface area contributed by atoms with Gasteiger partial charge in [-0.25, -0.2) is 0 Å². The number of carbonyl (C=O) groups excluding carboxylic acids is 3. The molecule has 0 amide bonds. The summed E-state index contributed by atoms with van der Waals surface area (Å²) in [5, 5.41) is 0. The lowest BCUT2D eigenvalue weighted by Gasteiger charge is -2.18. The lowest BCUT2D eigenvalue weighted by atomic mass is 10.1. The van der Waals surface area contributed by atoms with Crippen molar-refractivity contribution in [3.63, 3.8) is 0 Å². The highest BCUT2D eigenvalue weighted by atomic mass is 19.4. The number of hydrogen-bond acceptors (Lipinski definition) is 6. The maximum absolute atomic E-state index is 12.5. The Kier molecular flexibility index (Phi) is 9.35. The maximum atomic E-state index is 12.5. The van der Waals surface area contributed by atoms with E-state index in [2.05, 4.69) is 9.47 Å². The summed E-state index contributed by atoms with van der Waals surface area (Å²) < 4.78 is 73.7. The highest BCUT2D eigenvalue weighted by Crippen LogP contribution is 2.35. The van der Waals surface area contributed by atoms with Crippen LogP contribution in [0.15, 0.2) is 0 Å². The number of ether oxygens (including phenoxy) is 3. The molecule has 0 aromatic heterocycles. The molecule has 6 nitrogen and oxygen atoms in total. The first-order valence-corrected chi connectivity index (χ1v) is 7.33. The Labute approximate surface area is 140 Å². The summed E-state index contributed by atoms with van der Waals surface area (Å²) in [6.45, 7) is 0.813. The molecule has 0 N–H and O–H groups in total. The smallest absolute Gasteiger partial charge is 0.456 e. The summed E-state index contributed by atoms with van der Waals surface area (Å²) in [5.41, 5.74) is 0. The van der Waals surface area contributed by atoms with Gasteiger partial charge in [0.25, 0.3) is 0 Å². The van der Waals surface area contributed by atoms with Crippen molar-refractivity contribution < 1.29 is 50.5 Å². The average molecular weight is 378 g/mol. The standard InChI is InChI=1S/C14H19F5O6/c1-3-9(2)12(22)24-7-6-23-10(20)4-5-11(21)25-8-13(15,16)14(17,18)19/h9H,3-8H2,1-2H3. The third kappa shape index (κ3) is 9.20. The molecule has 0 aromatic rings. The Morgan fingerprint density at radius 3 is 1.84 bits per heavy atom. The zero-order valence-electron chi connectivity index (χ0n) is 13.7. The van der Waals surface area contributed by atoms with Gasteiger partial charge in [-0.3, -0.25) is 14.4 Å². The fraction of sp³-hybridized carbons (Fsp3) is 0.786. The Hall–Kier alpha value is -1.94. The molecule has 0 rings (SSSR count). The first-order valence-electron chi connectivity index (χ1n) is 7.33. The summed E-state index contributed by atoms with van der Waals surface area (Å²) in [6.07, 6.45) is -6.55. The van der Waals surface area contributed by atoms with Crippen molar-refractivity contribution in [2.45, 2.75) is 45.2 Å². The number of hydrogen-bond donors (Lipinski definition) is 0. The molecule has 0 radical (unpaired) electrons. The molecule has 25 heavy (non-hydrogen) atoms. The minimum Gasteiger partial charge on any atom is -0.462 e. The molecule has 0 bridgehead atoms. The monoisotopic (exact) mass is 378 g/mol. The second-order valence-electron chi connectivity index (χ2n) is 5.06. The highest BCUT2D eigenvalue weighted by molar-refractivity contribution is 5.77. The number of halogens is 5. The molecule has 0 fully saturated rings. The zero-order valence-corrected chi connectivity index (χ0v) is 13.7. The van der Waals surface area contributed by atoms with Gasteiger partial charge in [-0.2, -0.15) is 22.0 Å². The third-order valence-corrected chi connectivity index (χ3v) is 2.97. The summed E-state index contributed by atoms with van der Waals surface area (Å²) in [7, 11) is 0. The Bertz CT molecular complexity index is 463. The van der Waals surface area contributed by atoms with Gasteiger partial charge in [0.1, 0.15) is 13.2 Å². The van der Waals surface area contributed by atoms with E-state index in [9.17, 15) is 36.3 Å². The minimum atomic E-state index is -5.83. The molecule has 0 aromatic carbocycles. The summed E-state index contributed by atoms with van der Waals surface area (Å²) in [4.78, 5) is 33.6. The largest absolute Gasteiger partial charge is 0.462 e. The highest BCUT2D eigenvalue weighted by Gasteiger charge is 2.58. The van der Waals surface area contributed by atoms with Crippen LogP contribution in [0, 0.1) is 5.92 Å². The predicted molar refractivity (Wildman–Crippen MR) is 72.6 cm³/mol. The SMILES string of the molecule is CCC(C)C(=O)OCCOC(=O)CCC(=O)OCC(F)(F)C(F)(F)F. The van der Waals surface area contributed by atoms with Gasteiger partial charge in [0.05, 0.1) is 18.8 Å². The van der Waals surface area contributed by atoms with E-state index in [-0.39, 0.29) is 19.1 Å². The van der Waals surface area contributed by atoms with E-state index in [1.807, 2.05) is 0 Å². The van der Waals surface area contributed by atoms with Crippen molar-refractivity contribution in [3.05, 3.63) is 0 Å². The quantitative estimate of drug-likeness (QED) is 0.252. The fourth-order valence-electron chi connectivity index (χ4n) is 1.21. The third-order valence-electron chi connectivity index (χ3n) is 2.97. The van der Waals surface area contributed by atoms with E-state index in [1.165, 1.54) is 0 Å². The van der Waals surface area contributed by atoms with Crippen molar-refractivity contribution >= 4 is 17.9 Å². The summed E-state index contributed by atoms with van der Waals surface area (Å²) >= 11 is 0. The van der Waals surface area contributed by atoms with Crippen LogP contribution >= 0.6 is 0 Å². The van der Waals surface area contributed by atoms with Crippen molar-refractivity contribution in [1.29, 1.82) is 0 Å². The van der Waals surface area contributed by atoms with Gasteiger partial charge in [-0.05, 0) is 6.42 Å². The maximum Gasteiger partial charge on any atom is 0.456 e. The molecule has 0 aliphatic carbocycles. The van der Waals surface area contributed by atoms with Crippen LogP contribution in [0.25, 0.3) is 0 Å². The second-order valence-corrected chi connectivity index (χ2v) is 5.06. The molecule has 1 atom stereocenters. The van der Waals surface area contributed by atoms with Gasteiger partial charge in [0.2, 0.25) is 0 Å². The molecular weight excluding hydrogens is 359 g/mol. The van der Waals surface area contributed by atoms with Crippen LogP contribution in [0.2, 0.25) is 0 Å². The lowest BCUT2D eigenvalue weighted by molar-refractivity contribution is -0.294. The van der Waals surface area contributed by atoms with Gasteiger partial charge in [0, 0.05) is 0 Å². The second kappa shape index (κ2) is 10.1. The van der Waals surface area contributed by atoms with Gasteiger partial charge < -0.3 is 14.2 Å². The molecule has 0 heterocycles. The Balaban J connectivity index is 3.92. The van der Waals surface area contributed by atoms with E-state index in [0.717, 1.165) is 0 Å².